The Morgan fingerprint density at radius 3 is 2.35 bits per heavy atom. The van der Waals surface area contributed by atoms with Gasteiger partial charge < -0.3 is 19.9 Å². The third kappa shape index (κ3) is 3.77. The van der Waals surface area contributed by atoms with Crippen LogP contribution in [0.25, 0.3) is 0 Å². The molecule has 0 aromatic heterocycles. The molecular formula is C16H20BrNO5. The lowest BCUT2D eigenvalue weighted by Crippen LogP contribution is -2.42. The van der Waals surface area contributed by atoms with Gasteiger partial charge in [0.1, 0.15) is 0 Å². The van der Waals surface area contributed by atoms with Crippen molar-refractivity contribution in [3.8, 4) is 11.5 Å². The zero-order valence-electron chi connectivity index (χ0n) is 13.1. The summed E-state index contributed by atoms with van der Waals surface area (Å²) in [6.45, 7) is 0.287. The predicted octanol–water partition coefficient (Wildman–Crippen LogP) is 2.73. The van der Waals surface area contributed by atoms with E-state index in [-0.39, 0.29) is 18.9 Å². The number of aliphatic carboxylic acids is 1. The first-order valence-electron chi connectivity index (χ1n) is 7.32. The monoisotopic (exact) mass is 385 g/mol. The second-order valence-electron chi connectivity index (χ2n) is 5.69. The molecule has 0 bridgehead atoms. The first-order chi connectivity index (χ1) is 10.9. The molecule has 0 radical (unpaired) electrons. The minimum Gasteiger partial charge on any atom is -0.493 e. The zero-order chi connectivity index (χ0) is 17.0. The Balaban J connectivity index is 2.00. The Kier molecular flexibility index (Phi) is 5.51. The molecule has 1 aromatic rings. The normalized spacial score (nSPS) is 15.4. The van der Waals surface area contributed by atoms with Gasteiger partial charge in [-0.15, -0.1) is 0 Å². The van der Waals surface area contributed by atoms with E-state index < -0.39 is 11.4 Å². The number of halogens is 1. The van der Waals surface area contributed by atoms with Gasteiger partial charge in [-0.2, -0.15) is 0 Å². The van der Waals surface area contributed by atoms with Crippen molar-refractivity contribution in [3.63, 3.8) is 0 Å². The fourth-order valence-electron chi connectivity index (χ4n) is 2.67. The molecule has 1 amide bonds. The summed E-state index contributed by atoms with van der Waals surface area (Å²) in [4.78, 5) is 23.4. The van der Waals surface area contributed by atoms with Gasteiger partial charge in [-0.25, -0.2) is 0 Å². The topological polar surface area (TPSA) is 84.9 Å². The molecular weight excluding hydrogens is 366 g/mol. The van der Waals surface area contributed by atoms with E-state index in [1.807, 2.05) is 0 Å². The Hall–Kier alpha value is -1.76. The number of nitrogens with one attached hydrogen (secondary N) is 1. The van der Waals surface area contributed by atoms with Crippen molar-refractivity contribution in [3.05, 3.63) is 22.2 Å². The molecule has 0 saturated heterocycles. The number of methoxy groups -OCH3 is 2. The second-order valence-corrected chi connectivity index (χ2v) is 6.55. The van der Waals surface area contributed by atoms with Gasteiger partial charge in [-0.3, -0.25) is 9.59 Å². The number of hydrogen-bond acceptors (Lipinski definition) is 4. The molecule has 23 heavy (non-hydrogen) atoms. The van der Waals surface area contributed by atoms with Crippen molar-refractivity contribution in [1.82, 2.24) is 5.32 Å². The largest absolute Gasteiger partial charge is 0.493 e. The summed E-state index contributed by atoms with van der Waals surface area (Å²) in [6.07, 6.45) is 2.01. The van der Waals surface area contributed by atoms with Crippen molar-refractivity contribution in [1.29, 1.82) is 0 Å². The van der Waals surface area contributed by atoms with E-state index in [4.69, 9.17) is 9.47 Å². The number of ether oxygens (including phenoxy) is 2. The van der Waals surface area contributed by atoms with Gasteiger partial charge in [-0.05, 0) is 30.5 Å². The van der Waals surface area contributed by atoms with Gasteiger partial charge in [0.25, 0.3) is 0 Å². The molecule has 0 atom stereocenters. The van der Waals surface area contributed by atoms with Crippen molar-refractivity contribution in [2.24, 2.45) is 5.41 Å². The summed E-state index contributed by atoms with van der Waals surface area (Å²) in [5, 5.41) is 12.0. The maximum Gasteiger partial charge on any atom is 0.310 e. The average molecular weight is 386 g/mol. The van der Waals surface area contributed by atoms with E-state index in [0.29, 0.717) is 24.3 Å². The van der Waals surface area contributed by atoms with Crippen LogP contribution in [0.4, 0.5) is 0 Å². The number of rotatable bonds is 7. The summed E-state index contributed by atoms with van der Waals surface area (Å²) in [6, 6.07) is 3.55. The molecule has 2 rings (SSSR count). The minimum absolute atomic E-state index is 0.0211. The summed E-state index contributed by atoms with van der Waals surface area (Å²) in [5.41, 5.74) is -0.0483. The Morgan fingerprint density at radius 1 is 1.26 bits per heavy atom. The molecule has 0 heterocycles. The lowest BCUT2D eigenvalue weighted by atomic mass is 9.66. The second kappa shape index (κ2) is 7.21. The van der Waals surface area contributed by atoms with Gasteiger partial charge in [0.2, 0.25) is 5.91 Å². The number of carboxylic acids is 1. The fraction of sp³-hybridized carbons (Fsp3) is 0.500. The standard InChI is InChI=1S/C16H20BrNO5/c1-22-12-6-10(11(17)7-13(12)23-2)9-18-14(19)8-16(15(20)21)4-3-5-16/h6-7H,3-5,8-9H2,1-2H3,(H,18,19)(H,20,21). The number of amides is 1. The van der Waals surface area contributed by atoms with E-state index in [1.165, 1.54) is 0 Å². The quantitative estimate of drug-likeness (QED) is 0.753. The Bertz CT molecular complexity index is 613. The molecule has 0 aliphatic heterocycles. The van der Waals surface area contributed by atoms with Crippen molar-refractivity contribution in [2.45, 2.75) is 32.2 Å². The van der Waals surface area contributed by atoms with Gasteiger partial charge in [0.05, 0.1) is 19.6 Å². The molecule has 1 saturated carbocycles. The number of carbonyl (C=O) groups excluding carboxylic acids is 1. The fourth-order valence-corrected chi connectivity index (χ4v) is 3.13. The third-order valence-electron chi connectivity index (χ3n) is 4.29. The molecule has 0 unspecified atom stereocenters. The van der Waals surface area contributed by atoms with Gasteiger partial charge in [0.15, 0.2) is 11.5 Å². The van der Waals surface area contributed by atoms with Crippen LogP contribution in [0.3, 0.4) is 0 Å². The zero-order valence-corrected chi connectivity index (χ0v) is 14.7. The van der Waals surface area contributed by atoms with E-state index in [0.717, 1.165) is 16.5 Å². The molecule has 0 spiro atoms. The molecule has 1 aliphatic carbocycles. The van der Waals surface area contributed by atoms with Gasteiger partial charge >= 0.3 is 5.97 Å². The predicted molar refractivity (Wildman–Crippen MR) is 87.6 cm³/mol. The van der Waals surface area contributed by atoms with Crippen LogP contribution in [0.1, 0.15) is 31.2 Å². The van der Waals surface area contributed by atoms with Gasteiger partial charge in [-0.1, -0.05) is 22.4 Å². The van der Waals surface area contributed by atoms with Crippen molar-refractivity contribution in [2.75, 3.05) is 14.2 Å². The summed E-state index contributed by atoms with van der Waals surface area (Å²) in [7, 11) is 3.09. The summed E-state index contributed by atoms with van der Waals surface area (Å²) >= 11 is 3.43. The summed E-state index contributed by atoms with van der Waals surface area (Å²) < 4.78 is 11.2. The highest BCUT2D eigenvalue weighted by atomic mass is 79.9. The highest BCUT2D eigenvalue weighted by molar-refractivity contribution is 9.10. The third-order valence-corrected chi connectivity index (χ3v) is 5.03. The molecule has 1 aromatic carbocycles. The number of hydrogen-bond donors (Lipinski definition) is 2. The van der Waals surface area contributed by atoms with Crippen molar-refractivity contribution >= 4 is 27.8 Å². The maximum absolute atomic E-state index is 12.1. The van der Waals surface area contributed by atoms with E-state index in [9.17, 15) is 14.7 Å². The van der Waals surface area contributed by atoms with E-state index in [1.54, 1.807) is 26.4 Å². The maximum atomic E-state index is 12.1. The van der Waals surface area contributed by atoms with Gasteiger partial charge in [0, 0.05) is 17.4 Å². The molecule has 2 N–H and O–H groups in total. The SMILES string of the molecule is COc1cc(Br)c(CNC(=O)CC2(C(=O)O)CCC2)cc1OC. The highest BCUT2D eigenvalue weighted by Gasteiger charge is 2.45. The van der Waals surface area contributed by atoms with Crippen LogP contribution >= 0.6 is 15.9 Å². The molecule has 6 nitrogen and oxygen atoms in total. The number of carboxylic acid groups (broad SMARTS) is 1. The number of carbonyl (C=O) groups is 2. The van der Waals surface area contributed by atoms with Crippen LogP contribution < -0.4 is 14.8 Å². The molecule has 1 aliphatic rings. The Morgan fingerprint density at radius 2 is 1.87 bits per heavy atom. The molecule has 126 valence electrons. The van der Waals surface area contributed by atoms with Crippen LogP contribution in [-0.4, -0.2) is 31.2 Å². The van der Waals surface area contributed by atoms with Crippen LogP contribution in [-0.2, 0) is 16.1 Å². The van der Waals surface area contributed by atoms with E-state index in [2.05, 4.69) is 21.2 Å². The Labute approximate surface area is 143 Å². The van der Waals surface area contributed by atoms with Crippen LogP contribution in [0.2, 0.25) is 0 Å². The molecule has 7 heteroatoms. The summed E-state index contributed by atoms with van der Waals surface area (Å²) in [5.74, 6) is 0.0229. The smallest absolute Gasteiger partial charge is 0.310 e. The number of benzene rings is 1. The lowest BCUT2D eigenvalue weighted by molar-refractivity contribution is -0.157. The lowest BCUT2D eigenvalue weighted by Gasteiger charge is -2.36. The van der Waals surface area contributed by atoms with E-state index >= 15 is 0 Å². The first-order valence-corrected chi connectivity index (χ1v) is 8.11. The van der Waals surface area contributed by atoms with Crippen LogP contribution in [0.15, 0.2) is 16.6 Å². The average Bonchev–Trinajstić information content (AvgIpc) is 2.48. The minimum atomic E-state index is -0.883. The highest BCUT2D eigenvalue weighted by Crippen LogP contribution is 2.44. The van der Waals surface area contributed by atoms with Crippen LogP contribution in [0.5, 0.6) is 11.5 Å². The molecule has 1 fully saturated rings. The van der Waals surface area contributed by atoms with Crippen LogP contribution in [0, 0.1) is 5.41 Å². The first kappa shape index (κ1) is 17.6. The van der Waals surface area contributed by atoms with Crippen molar-refractivity contribution < 1.29 is 24.2 Å².